The van der Waals surface area contributed by atoms with Gasteiger partial charge in [0, 0.05) is 37.8 Å². The molecule has 0 unspecified atom stereocenters. The van der Waals surface area contributed by atoms with Gasteiger partial charge in [0.25, 0.3) is 0 Å². The van der Waals surface area contributed by atoms with Crippen molar-refractivity contribution >= 4 is 5.91 Å². The molecule has 12 heteroatoms. The van der Waals surface area contributed by atoms with E-state index in [0.29, 0.717) is 12.1 Å². The van der Waals surface area contributed by atoms with Crippen molar-refractivity contribution in [2.45, 2.75) is 31.2 Å². The Kier molecular flexibility index (Phi) is 5.44. The van der Waals surface area contributed by atoms with Gasteiger partial charge in [-0.2, -0.15) is 13.2 Å². The van der Waals surface area contributed by atoms with E-state index in [1.54, 1.807) is 0 Å². The average Bonchev–Trinajstić information content (AvgIpc) is 3.03. The maximum Gasteiger partial charge on any atom is 0.423 e. The number of fused-ring (bicyclic) bond motifs is 1. The molecule has 3 rings (SSSR count). The molecule has 2 atom stereocenters. The van der Waals surface area contributed by atoms with E-state index in [-0.39, 0.29) is 37.3 Å². The SMILES string of the molecule is N[C@@H](CC(=O)N1C=C2NN[C@H](C(F)(F)F)N2CC1)Cc1cc(F)c(F)cc1F. The lowest BCUT2D eigenvalue weighted by atomic mass is 10.0. The van der Waals surface area contributed by atoms with E-state index in [4.69, 9.17) is 5.73 Å². The van der Waals surface area contributed by atoms with Gasteiger partial charge in [0.15, 0.2) is 17.8 Å². The molecule has 0 saturated carbocycles. The van der Waals surface area contributed by atoms with Crippen molar-refractivity contribution in [3.8, 4) is 0 Å². The third-order valence-corrected chi connectivity index (χ3v) is 4.46. The van der Waals surface area contributed by atoms with Crippen LogP contribution in [0.25, 0.3) is 0 Å². The molecular weight excluding hydrogens is 392 g/mol. The second kappa shape index (κ2) is 7.51. The number of benzene rings is 1. The summed E-state index contributed by atoms with van der Waals surface area (Å²) in [5.41, 5.74) is 10.1. The molecule has 0 aromatic heterocycles. The summed E-state index contributed by atoms with van der Waals surface area (Å²) in [5.74, 6) is -3.93. The minimum Gasteiger partial charge on any atom is -0.329 e. The zero-order valence-electron chi connectivity index (χ0n) is 14.4. The second-order valence-corrected chi connectivity index (χ2v) is 6.53. The van der Waals surface area contributed by atoms with Gasteiger partial charge in [-0.15, -0.1) is 0 Å². The molecule has 1 amide bonds. The Morgan fingerprint density at radius 1 is 1.18 bits per heavy atom. The first-order valence-corrected chi connectivity index (χ1v) is 8.31. The molecule has 0 bridgehead atoms. The molecule has 2 aliphatic rings. The number of amides is 1. The highest BCUT2D eigenvalue weighted by Crippen LogP contribution is 2.29. The lowest BCUT2D eigenvalue weighted by molar-refractivity contribution is -0.180. The zero-order valence-corrected chi connectivity index (χ0v) is 14.4. The Hall–Kier alpha value is -2.47. The molecule has 4 N–H and O–H groups in total. The fourth-order valence-corrected chi connectivity index (χ4v) is 3.09. The standard InChI is InChI=1S/C16H17F6N5O/c17-10-6-12(19)11(18)4-8(10)3-9(23)5-14(28)26-1-2-27-13(7-26)24-25-15(27)16(20,21)22/h4,6-7,9,15,24-25H,1-3,5,23H2/t9-,15+/m1/s1. The molecule has 0 radical (unpaired) electrons. The van der Waals surface area contributed by atoms with Crippen LogP contribution >= 0.6 is 0 Å². The van der Waals surface area contributed by atoms with Crippen LogP contribution < -0.4 is 16.6 Å². The van der Waals surface area contributed by atoms with Crippen LogP contribution in [0.3, 0.4) is 0 Å². The lowest BCUT2D eigenvalue weighted by Crippen LogP contribution is -2.51. The summed E-state index contributed by atoms with van der Waals surface area (Å²) in [6.45, 7) is -0.0562. The number of rotatable bonds is 4. The van der Waals surface area contributed by atoms with Gasteiger partial charge < -0.3 is 21.0 Å². The fourth-order valence-electron chi connectivity index (χ4n) is 3.09. The first kappa shape index (κ1) is 20.3. The molecule has 154 valence electrons. The number of carbonyl (C=O) groups is 1. The van der Waals surface area contributed by atoms with Crippen LogP contribution in [0, 0.1) is 17.5 Å². The third-order valence-electron chi connectivity index (χ3n) is 4.46. The number of carbonyl (C=O) groups excluding carboxylic acids is 1. The van der Waals surface area contributed by atoms with Gasteiger partial charge in [0.05, 0.1) is 0 Å². The van der Waals surface area contributed by atoms with Gasteiger partial charge in [-0.05, 0) is 18.1 Å². The topological polar surface area (TPSA) is 73.6 Å². The summed E-state index contributed by atoms with van der Waals surface area (Å²) >= 11 is 0. The number of nitrogens with zero attached hydrogens (tertiary/aromatic N) is 2. The van der Waals surface area contributed by atoms with Gasteiger partial charge in [0.1, 0.15) is 11.6 Å². The Morgan fingerprint density at radius 3 is 2.54 bits per heavy atom. The molecule has 2 aliphatic heterocycles. The van der Waals surface area contributed by atoms with Crippen molar-refractivity contribution < 1.29 is 31.1 Å². The van der Waals surface area contributed by atoms with E-state index < -0.39 is 41.7 Å². The average molecular weight is 409 g/mol. The summed E-state index contributed by atoms with van der Waals surface area (Å²) in [6, 6.07) is 0.195. The van der Waals surface area contributed by atoms with Crippen molar-refractivity contribution in [1.29, 1.82) is 0 Å². The summed E-state index contributed by atoms with van der Waals surface area (Å²) in [5, 5.41) is 0. The molecule has 0 spiro atoms. The van der Waals surface area contributed by atoms with Gasteiger partial charge in [-0.1, -0.05) is 0 Å². The van der Waals surface area contributed by atoms with E-state index in [1.165, 1.54) is 11.1 Å². The molecule has 28 heavy (non-hydrogen) atoms. The Labute approximate surface area is 155 Å². The van der Waals surface area contributed by atoms with Gasteiger partial charge in [-0.25, -0.2) is 18.6 Å². The van der Waals surface area contributed by atoms with E-state index in [9.17, 15) is 31.1 Å². The van der Waals surface area contributed by atoms with Crippen LogP contribution in [-0.2, 0) is 11.2 Å². The van der Waals surface area contributed by atoms with E-state index in [1.807, 2.05) is 0 Å². The summed E-state index contributed by atoms with van der Waals surface area (Å²) in [4.78, 5) is 14.6. The molecule has 6 nitrogen and oxygen atoms in total. The predicted octanol–water partition coefficient (Wildman–Crippen LogP) is 1.30. The monoisotopic (exact) mass is 409 g/mol. The highest BCUT2D eigenvalue weighted by molar-refractivity contribution is 5.78. The number of hydrazine groups is 1. The smallest absolute Gasteiger partial charge is 0.329 e. The van der Waals surface area contributed by atoms with Crippen LogP contribution in [0.2, 0.25) is 0 Å². The van der Waals surface area contributed by atoms with E-state index in [2.05, 4.69) is 10.9 Å². The van der Waals surface area contributed by atoms with Crippen LogP contribution in [0.4, 0.5) is 26.3 Å². The molecule has 2 heterocycles. The third kappa shape index (κ3) is 4.17. The largest absolute Gasteiger partial charge is 0.423 e. The maximum atomic E-state index is 13.7. The minimum absolute atomic E-state index is 0.00449. The van der Waals surface area contributed by atoms with Crippen LogP contribution in [0.15, 0.2) is 24.2 Å². The van der Waals surface area contributed by atoms with Crippen molar-refractivity contribution in [2.24, 2.45) is 5.73 Å². The molecule has 1 fully saturated rings. The van der Waals surface area contributed by atoms with Crippen molar-refractivity contribution in [3.63, 3.8) is 0 Å². The first-order chi connectivity index (χ1) is 13.1. The summed E-state index contributed by atoms with van der Waals surface area (Å²) in [7, 11) is 0. The zero-order chi connectivity index (χ0) is 20.6. The van der Waals surface area contributed by atoms with Crippen LogP contribution in [0.1, 0.15) is 12.0 Å². The van der Waals surface area contributed by atoms with Gasteiger partial charge in [-0.3, -0.25) is 4.79 Å². The molecule has 1 saturated heterocycles. The van der Waals surface area contributed by atoms with Crippen molar-refractivity contribution in [1.82, 2.24) is 20.7 Å². The maximum absolute atomic E-state index is 13.7. The van der Waals surface area contributed by atoms with Crippen molar-refractivity contribution in [2.75, 3.05) is 13.1 Å². The summed E-state index contributed by atoms with van der Waals surface area (Å²) < 4.78 is 78.6. The highest BCUT2D eigenvalue weighted by Gasteiger charge is 2.49. The number of nitrogens with two attached hydrogens (primary N) is 1. The number of halogens is 6. The molecule has 1 aromatic rings. The molecule has 1 aromatic carbocycles. The number of hydrogen-bond donors (Lipinski definition) is 3. The van der Waals surface area contributed by atoms with Crippen LogP contribution in [0.5, 0.6) is 0 Å². The van der Waals surface area contributed by atoms with Crippen LogP contribution in [-0.4, -0.2) is 47.2 Å². The summed E-state index contributed by atoms with van der Waals surface area (Å²) in [6.07, 6.45) is -5.62. The number of nitrogens with one attached hydrogen (secondary N) is 2. The second-order valence-electron chi connectivity index (χ2n) is 6.53. The quantitative estimate of drug-likeness (QED) is 0.517. The normalized spacial score (nSPS) is 20.5. The number of hydrogen-bond acceptors (Lipinski definition) is 5. The van der Waals surface area contributed by atoms with E-state index >= 15 is 0 Å². The van der Waals surface area contributed by atoms with E-state index in [0.717, 1.165) is 4.90 Å². The number of alkyl halides is 3. The van der Waals surface area contributed by atoms with Gasteiger partial charge >= 0.3 is 6.18 Å². The lowest BCUT2D eigenvalue weighted by Gasteiger charge is -2.33. The Bertz CT molecular complexity index is 798. The first-order valence-electron chi connectivity index (χ1n) is 8.31. The Morgan fingerprint density at radius 2 is 1.86 bits per heavy atom. The molecular formula is C16H17F6N5O. The fraction of sp³-hybridized carbons (Fsp3) is 0.438. The molecule has 0 aliphatic carbocycles. The van der Waals surface area contributed by atoms with Crippen molar-refractivity contribution in [3.05, 3.63) is 47.2 Å². The Balaban J connectivity index is 1.61. The predicted molar refractivity (Wildman–Crippen MR) is 85.2 cm³/mol. The van der Waals surface area contributed by atoms with Gasteiger partial charge in [0.2, 0.25) is 5.91 Å². The highest BCUT2D eigenvalue weighted by atomic mass is 19.4. The minimum atomic E-state index is -4.49.